The molecule has 3 rings (SSSR count). The second kappa shape index (κ2) is 5.63. The van der Waals surface area contributed by atoms with Gasteiger partial charge in [0.1, 0.15) is 5.41 Å². The van der Waals surface area contributed by atoms with Crippen molar-refractivity contribution in [3.8, 4) is 0 Å². The van der Waals surface area contributed by atoms with E-state index in [1.807, 2.05) is 0 Å². The zero-order valence-electron chi connectivity index (χ0n) is 12.4. The van der Waals surface area contributed by atoms with E-state index in [1.54, 1.807) is 11.8 Å². The molecule has 2 saturated carbocycles. The van der Waals surface area contributed by atoms with Crippen molar-refractivity contribution in [3.05, 3.63) is 0 Å². The zero-order valence-corrected chi connectivity index (χ0v) is 13.2. The highest BCUT2D eigenvalue weighted by atomic mass is 32.2. The minimum atomic E-state index is -0.969. The summed E-state index contributed by atoms with van der Waals surface area (Å²) in [4.78, 5) is 38.8. The second-order valence-corrected chi connectivity index (χ2v) is 7.54. The number of nitrogens with zero attached hydrogens (tertiary/aromatic N) is 1. The van der Waals surface area contributed by atoms with Gasteiger partial charge < -0.3 is 0 Å². The molecule has 1 heterocycles. The maximum atomic E-state index is 12.9. The summed E-state index contributed by atoms with van der Waals surface area (Å²) in [6, 6.07) is -0.546. The number of hydrogen-bond donors (Lipinski definition) is 1. The van der Waals surface area contributed by atoms with Crippen molar-refractivity contribution < 1.29 is 14.4 Å². The third-order valence-corrected chi connectivity index (χ3v) is 6.36. The van der Waals surface area contributed by atoms with Crippen molar-refractivity contribution in [3.63, 3.8) is 0 Å². The molecule has 0 bridgehead atoms. The Labute approximate surface area is 129 Å². The van der Waals surface area contributed by atoms with Gasteiger partial charge in [-0.3, -0.25) is 19.8 Å². The van der Waals surface area contributed by atoms with Gasteiger partial charge >= 0.3 is 6.03 Å². The fourth-order valence-corrected chi connectivity index (χ4v) is 4.78. The van der Waals surface area contributed by atoms with Gasteiger partial charge in [-0.2, -0.15) is 11.8 Å². The Bertz CT molecular complexity index is 474. The molecule has 0 aromatic rings. The van der Waals surface area contributed by atoms with Crippen LogP contribution in [0.1, 0.15) is 51.4 Å². The Balaban J connectivity index is 1.85. The van der Waals surface area contributed by atoms with Crippen LogP contribution in [-0.2, 0) is 9.59 Å². The summed E-state index contributed by atoms with van der Waals surface area (Å²) < 4.78 is 0. The monoisotopic (exact) mass is 310 g/mol. The molecule has 0 aromatic heterocycles. The van der Waals surface area contributed by atoms with Crippen LogP contribution in [0.3, 0.4) is 0 Å². The highest BCUT2D eigenvalue weighted by Crippen LogP contribution is 2.42. The molecule has 2 unspecified atom stereocenters. The first-order chi connectivity index (χ1) is 10.1. The molecule has 6 heteroatoms. The average Bonchev–Trinajstić information content (AvgIpc) is 2.95. The van der Waals surface area contributed by atoms with Gasteiger partial charge in [0.15, 0.2) is 0 Å². The molecule has 1 saturated heterocycles. The molecule has 0 aromatic carbocycles. The number of thioether (sulfide) groups is 1. The number of carbonyl (C=O) groups excluding carboxylic acids is 3. The van der Waals surface area contributed by atoms with Crippen LogP contribution in [-0.4, -0.2) is 40.3 Å². The molecule has 116 valence electrons. The first-order valence-electron chi connectivity index (χ1n) is 7.80. The van der Waals surface area contributed by atoms with Crippen molar-refractivity contribution in [2.45, 2.75) is 62.7 Å². The third-order valence-electron chi connectivity index (χ3n) is 5.26. The lowest BCUT2D eigenvalue weighted by Gasteiger charge is -2.43. The molecule has 0 radical (unpaired) electrons. The van der Waals surface area contributed by atoms with Crippen LogP contribution >= 0.6 is 11.8 Å². The van der Waals surface area contributed by atoms with E-state index >= 15 is 0 Å². The fourth-order valence-electron chi connectivity index (χ4n) is 3.99. The van der Waals surface area contributed by atoms with Crippen LogP contribution in [0.4, 0.5) is 4.79 Å². The van der Waals surface area contributed by atoms with E-state index in [0.717, 1.165) is 38.5 Å². The zero-order chi connectivity index (χ0) is 15.0. The SMILES string of the molecule is CSC1CCC(N2C(=O)NC(=O)C3(CCCCC3)C2=O)C1. The Morgan fingerprint density at radius 2 is 1.86 bits per heavy atom. The summed E-state index contributed by atoms with van der Waals surface area (Å²) in [5, 5.41) is 2.96. The summed E-state index contributed by atoms with van der Waals surface area (Å²) in [5.41, 5.74) is -0.969. The van der Waals surface area contributed by atoms with E-state index in [4.69, 9.17) is 0 Å². The standard InChI is InChI=1S/C15H22N2O3S/c1-21-11-6-5-10(9-11)17-13(19)15(7-3-2-4-8-15)12(18)16-14(17)20/h10-11H,2-9H2,1H3,(H,16,18,20). The Morgan fingerprint density at radius 3 is 2.48 bits per heavy atom. The summed E-state index contributed by atoms with van der Waals surface area (Å²) in [7, 11) is 0. The van der Waals surface area contributed by atoms with E-state index in [-0.39, 0.29) is 17.9 Å². The summed E-state index contributed by atoms with van der Waals surface area (Å²) in [5.74, 6) is -0.601. The Morgan fingerprint density at radius 1 is 1.14 bits per heavy atom. The summed E-state index contributed by atoms with van der Waals surface area (Å²) >= 11 is 1.79. The fraction of sp³-hybridized carbons (Fsp3) is 0.800. The summed E-state index contributed by atoms with van der Waals surface area (Å²) in [6.07, 6.45) is 8.81. The van der Waals surface area contributed by atoms with Crippen LogP contribution in [0.2, 0.25) is 0 Å². The number of nitrogens with one attached hydrogen (secondary N) is 1. The lowest BCUT2D eigenvalue weighted by molar-refractivity contribution is -0.155. The topological polar surface area (TPSA) is 66.5 Å². The number of urea groups is 1. The predicted octanol–water partition coefficient (Wildman–Crippen LogP) is 2.30. The Kier molecular flexibility index (Phi) is 3.99. The van der Waals surface area contributed by atoms with Crippen molar-refractivity contribution >= 4 is 29.6 Å². The van der Waals surface area contributed by atoms with Gasteiger partial charge in [0.25, 0.3) is 0 Å². The number of rotatable bonds is 2. The minimum Gasteiger partial charge on any atom is -0.277 e. The molecule has 3 fully saturated rings. The predicted molar refractivity (Wildman–Crippen MR) is 80.8 cm³/mol. The number of carbonyl (C=O) groups is 3. The molecule has 1 aliphatic heterocycles. The highest BCUT2D eigenvalue weighted by molar-refractivity contribution is 7.99. The van der Waals surface area contributed by atoms with Crippen LogP contribution in [0.25, 0.3) is 0 Å². The van der Waals surface area contributed by atoms with Gasteiger partial charge in [-0.15, -0.1) is 0 Å². The van der Waals surface area contributed by atoms with Crippen molar-refractivity contribution in [2.75, 3.05) is 6.26 Å². The van der Waals surface area contributed by atoms with E-state index in [0.29, 0.717) is 18.1 Å². The van der Waals surface area contributed by atoms with Gasteiger partial charge in [-0.05, 0) is 38.4 Å². The molecule has 3 aliphatic rings. The lowest BCUT2D eigenvalue weighted by Crippen LogP contribution is -2.66. The third kappa shape index (κ3) is 2.37. The van der Waals surface area contributed by atoms with Gasteiger partial charge in [-0.1, -0.05) is 19.3 Å². The molecule has 1 N–H and O–H groups in total. The smallest absolute Gasteiger partial charge is 0.277 e. The molecule has 2 aliphatic carbocycles. The van der Waals surface area contributed by atoms with Crippen LogP contribution in [0.5, 0.6) is 0 Å². The van der Waals surface area contributed by atoms with Gasteiger partial charge in [0.2, 0.25) is 11.8 Å². The summed E-state index contributed by atoms with van der Waals surface area (Å²) in [6.45, 7) is 0. The first-order valence-corrected chi connectivity index (χ1v) is 9.09. The molecule has 2 atom stereocenters. The van der Waals surface area contributed by atoms with Gasteiger partial charge in [-0.25, -0.2) is 4.79 Å². The molecule has 4 amide bonds. The molecule has 1 spiro atoms. The number of barbiturate groups is 1. The number of hydrogen-bond acceptors (Lipinski definition) is 4. The second-order valence-electron chi connectivity index (χ2n) is 6.40. The molecular weight excluding hydrogens is 288 g/mol. The van der Waals surface area contributed by atoms with Crippen molar-refractivity contribution in [1.29, 1.82) is 0 Å². The molecule has 5 nitrogen and oxygen atoms in total. The Hall–Kier alpha value is -1.04. The normalized spacial score (nSPS) is 32.6. The molecular formula is C15H22N2O3S. The van der Waals surface area contributed by atoms with Gasteiger partial charge in [0, 0.05) is 11.3 Å². The largest absolute Gasteiger partial charge is 0.331 e. The van der Waals surface area contributed by atoms with E-state index < -0.39 is 11.4 Å². The quantitative estimate of drug-likeness (QED) is 0.795. The molecule has 21 heavy (non-hydrogen) atoms. The average molecular weight is 310 g/mol. The number of amides is 4. The van der Waals surface area contributed by atoms with E-state index in [2.05, 4.69) is 11.6 Å². The lowest BCUT2D eigenvalue weighted by atomic mass is 9.71. The first kappa shape index (κ1) is 14.9. The van der Waals surface area contributed by atoms with E-state index in [1.165, 1.54) is 4.90 Å². The van der Waals surface area contributed by atoms with Crippen LogP contribution in [0, 0.1) is 5.41 Å². The van der Waals surface area contributed by atoms with Gasteiger partial charge in [0.05, 0.1) is 0 Å². The number of imide groups is 2. The maximum Gasteiger partial charge on any atom is 0.331 e. The van der Waals surface area contributed by atoms with Crippen molar-refractivity contribution in [2.24, 2.45) is 5.41 Å². The minimum absolute atomic E-state index is 0.0400. The van der Waals surface area contributed by atoms with E-state index in [9.17, 15) is 14.4 Å². The van der Waals surface area contributed by atoms with Crippen molar-refractivity contribution in [1.82, 2.24) is 10.2 Å². The van der Waals surface area contributed by atoms with Crippen LogP contribution < -0.4 is 5.32 Å². The highest BCUT2D eigenvalue weighted by Gasteiger charge is 2.55. The maximum absolute atomic E-state index is 12.9. The van der Waals surface area contributed by atoms with Crippen LogP contribution in [0.15, 0.2) is 0 Å².